The molecule has 4 rings (SSSR count). The molecule has 3 aromatic rings. The fourth-order valence-corrected chi connectivity index (χ4v) is 4.44. The summed E-state index contributed by atoms with van der Waals surface area (Å²) >= 11 is 6.29. The van der Waals surface area contributed by atoms with Gasteiger partial charge in [0.25, 0.3) is 5.91 Å². The van der Waals surface area contributed by atoms with Gasteiger partial charge in [-0.25, -0.2) is 22.8 Å². The summed E-state index contributed by atoms with van der Waals surface area (Å²) in [7, 11) is -3.29. The average Bonchev–Trinajstić information content (AvgIpc) is 3.13. The van der Waals surface area contributed by atoms with Crippen LogP contribution in [0.1, 0.15) is 29.0 Å². The maximum absolute atomic E-state index is 14.2. The highest BCUT2D eigenvalue weighted by atomic mass is 35.5. The molecule has 1 amide bonds. The lowest BCUT2D eigenvalue weighted by Gasteiger charge is -2.35. The normalized spacial score (nSPS) is 16.6. The smallest absolute Gasteiger partial charge is 0.270 e. The SMILES string of the molecule is C[C@H](/C=C/S(C)(=O)=O)NC(=O)c1cc2ncn(C(c3cccc(F)c3Cl)C3COC3)c2cn1. The zero-order chi connectivity index (χ0) is 23.8. The van der Waals surface area contributed by atoms with E-state index in [1.165, 1.54) is 18.3 Å². The summed E-state index contributed by atoms with van der Waals surface area (Å²) in [5.41, 5.74) is 1.96. The Balaban J connectivity index is 1.64. The number of benzene rings is 1. The van der Waals surface area contributed by atoms with Crippen molar-refractivity contribution >= 4 is 38.4 Å². The highest BCUT2D eigenvalue weighted by Gasteiger charge is 2.34. The third-order valence-corrected chi connectivity index (χ3v) is 6.43. The topological polar surface area (TPSA) is 103 Å². The number of amides is 1. The Kier molecular flexibility index (Phi) is 6.51. The van der Waals surface area contributed by atoms with Crippen molar-refractivity contribution in [3.05, 3.63) is 70.4 Å². The molecule has 11 heteroatoms. The lowest BCUT2D eigenvalue weighted by molar-refractivity contribution is -0.0490. The van der Waals surface area contributed by atoms with Gasteiger partial charge >= 0.3 is 0 Å². The Morgan fingerprint density at radius 1 is 1.36 bits per heavy atom. The van der Waals surface area contributed by atoms with Gasteiger partial charge in [0.05, 0.1) is 47.8 Å². The van der Waals surface area contributed by atoms with Gasteiger partial charge in [0.1, 0.15) is 11.5 Å². The monoisotopic (exact) mass is 492 g/mol. The van der Waals surface area contributed by atoms with Crippen LogP contribution in [0.25, 0.3) is 11.0 Å². The molecule has 1 saturated heterocycles. The first-order valence-electron chi connectivity index (χ1n) is 10.2. The molecule has 0 radical (unpaired) electrons. The van der Waals surface area contributed by atoms with E-state index in [-0.39, 0.29) is 22.7 Å². The predicted octanol–water partition coefficient (Wildman–Crippen LogP) is 3.14. The summed E-state index contributed by atoms with van der Waals surface area (Å²) in [5, 5.41) is 3.77. The van der Waals surface area contributed by atoms with E-state index in [0.29, 0.717) is 29.8 Å². The Hall–Kier alpha value is -2.82. The number of hydrogen-bond acceptors (Lipinski definition) is 6. The third-order valence-electron chi connectivity index (χ3n) is 5.38. The van der Waals surface area contributed by atoms with Crippen molar-refractivity contribution in [2.45, 2.75) is 19.0 Å². The van der Waals surface area contributed by atoms with Crippen LogP contribution < -0.4 is 5.32 Å². The highest BCUT2D eigenvalue weighted by Crippen LogP contribution is 2.38. The maximum atomic E-state index is 14.2. The molecule has 1 unspecified atom stereocenters. The predicted molar refractivity (Wildman–Crippen MR) is 122 cm³/mol. The number of halogens is 2. The molecule has 2 aromatic heterocycles. The Bertz CT molecular complexity index is 1340. The number of fused-ring (bicyclic) bond motifs is 1. The molecule has 1 fully saturated rings. The summed E-state index contributed by atoms with van der Waals surface area (Å²) in [6.07, 6.45) is 5.61. The van der Waals surface area contributed by atoms with Crippen LogP contribution in [0.15, 0.2) is 48.3 Å². The van der Waals surface area contributed by atoms with Crippen LogP contribution in [0.4, 0.5) is 4.39 Å². The van der Waals surface area contributed by atoms with Gasteiger partial charge in [-0.1, -0.05) is 29.8 Å². The van der Waals surface area contributed by atoms with E-state index < -0.39 is 27.6 Å². The molecule has 8 nitrogen and oxygen atoms in total. The highest BCUT2D eigenvalue weighted by molar-refractivity contribution is 7.93. The van der Waals surface area contributed by atoms with Gasteiger partial charge < -0.3 is 14.6 Å². The van der Waals surface area contributed by atoms with E-state index in [9.17, 15) is 17.6 Å². The first-order chi connectivity index (χ1) is 15.6. The van der Waals surface area contributed by atoms with E-state index in [4.69, 9.17) is 16.3 Å². The quantitative estimate of drug-likeness (QED) is 0.543. The Morgan fingerprint density at radius 3 is 2.79 bits per heavy atom. The molecule has 0 bridgehead atoms. The molecular formula is C22H22ClFN4O4S. The minimum Gasteiger partial charge on any atom is -0.381 e. The number of ether oxygens (including phenoxy) is 1. The van der Waals surface area contributed by atoms with E-state index in [1.807, 2.05) is 4.57 Å². The summed E-state index contributed by atoms with van der Waals surface area (Å²) in [6, 6.07) is 5.43. The molecule has 0 saturated carbocycles. The fourth-order valence-electron chi connectivity index (χ4n) is 3.68. The number of sulfone groups is 1. The number of nitrogens with one attached hydrogen (secondary N) is 1. The van der Waals surface area contributed by atoms with E-state index in [2.05, 4.69) is 15.3 Å². The van der Waals surface area contributed by atoms with Crippen molar-refractivity contribution in [2.75, 3.05) is 19.5 Å². The Morgan fingerprint density at radius 2 is 2.12 bits per heavy atom. The average molecular weight is 493 g/mol. The zero-order valence-electron chi connectivity index (χ0n) is 17.9. The van der Waals surface area contributed by atoms with Gasteiger partial charge in [-0.05, 0) is 24.6 Å². The molecule has 3 heterocycles. The van der Waals surface area contributed by atoms with Gasteiger partial charge in [0.2, 0.25) is 0 Å². The zero-order valence-corrected chi connectivity index (χ0v) is 19.5. The standard InChI is InChI=1S/C22H22ClFN4O4S/c1-13(6-7-33(2,30)31)27-22(29)18-8-17-19(9-25-18)28(12-26-17)21(14-10-32-11-14)15-4-3-5-16(24)20(15)23/h3-9,12-14,21H,10-11H2,1-2H3,(H,27,29)/b7-6+/t13-,21?/m1/s1. The van der Waals surface area contributed by atoms with Crippen LogP contribution in [0.3, 0.4) is 0 Å². The molecule has 174 valence electrons. The van der Waals surface area contributed by atoms with Gasteiger partial charge in [-0.15, -0.1) is 0 Å². The van der Waals surface area contributed by atoms with Crippen LogP contribution in [0.2, 0.25) is 5.02 Å². The minimum absolute atomic E-state index is 0.0522. The maximum Gasteiger partial charge on any atom is 0.270 e. The molecule has 33 heavy (non-hydrogen) atoms. The summed E-state index contributed by atoms with van der Waals surface area (Å²) in [4.78, 5) is 21.3. The number of hydrogen-bond donors (Lipinski definition) is 1. The molecule has 1 aliphatic rings. The van der Waals surface area contributed by atoms with Gasteiger partial charge in [-0.2, -0.15) is 0 Å². The minimum atomic E-state index is -3.29. The number of nitrogens with zero attached hydrogens (tertiary/aromatic N) is 3. The number of aromatic nitrogens is 3. The lowest BCUT2D eigenvalue weighted by atomic mass is 9.91. The number of carbonyl (C=O) groups excluding carboxylic acids is 1. The van der Waals surface area contributed by atoms with Crippen LogP contribution in [-0.4, -0.2) is 54.4 Å². The fraction of sp³-hybridized carbons (Fsp3) is 0.318. The Labute approximate surface area is 195 Å². The van der Waals surface area contributed by atoms with Crippen molar-refractivity contribution in [3.8, 4) is 0 Å². The van der Waals surface area contributed by atoms with Gasteiger partial charge in [0, 0.05) is 23.6 Å². The molecule has 2 atom stereocenters. The second-order valence-electron chi connectivity index (χ2n) is 8.02. The summed E-state index contributed by atoms with van der Waals surface area (Å²) in [5.74, 6) is -0.888. The van der Waals surface area contributed by atoms with Gasteiger partial charge in [0.15, 0.2) is 9.84 Å². The van der Waals surface area contributed by atoms with E-state index in [1.54, 1.807) is 31.5 Å². The number of imidazole rings is 1. The van der Waals surface area contributed by atoms with Crippen LogP contribution in [0, 0.1) is 11.7 Å². The largest absolute Gasteiger partial charge is 0.381 e. The molecule has 0 aliphatic carbocycles. The van der Waals surface area contributed by atoms with Crippen LogP contribution in [-0.2, 0) is 14.6 Å². The number of rotatable bonds is 7. The van der Waals surface area contributed by atoms with Crippen molar-refractivity contribution in [3.63, 3.8) is 0 Å². The third kappa shape index (κ3) is 5.07. The first-order valence-corrected chi connectivity index (χ1v) is 12.5. The van der Waals surface area contributed by atoms with Crippen LogP contribution >= 0.6 is 11.6 Å². The van der Waals surface area contributed by atoms with Crippen molar-refractivity contribution in [1.29, 1.82) is 0 Å². The molecular weight excluding hydrogens is 471 g/mol. The van der Waals surface area contributed by atoms with Crippen molar-refractivity contribution in [1.82, 2.24) is 19.9 Å². The molecule has 0 spiro atoms. The number of carbonyl (C=O) groups is 1. The molecule has 1 aliphatic heterocycles. The number of pyridine rings is 1. The first kappa shape index (κ1) is 23.3. The van der Waals surface area contributed by atoms with E-state index in [0.717, 1.165) is 11.7 Å². The van der Waals surface area contributed by atoms with Crippen LogP contribution in [0.5, 0.6) is 0 Å². The second-order valence-corrected chi connectivity index (χ2v) is 10.3. The summed E-state index contributed by atoms with van der Waals surface area (Å²) in [6.45, 7) is 2.66. The van der Waals surface area contributed by atoms with Gasteiger partial charge in [-0.3, -0.25) is 4.79 Å². The van der Waals surface area contributed by atoms with Crippen molar-refractivity contribution < 1.29 is 22.3 Å². The molecule has 1 aromatic carbocycles. The van der Waals surface area contributed by atoms with Crippen molar-refractivity contribution in [2.24, 2.45) is 5.92 Å². The molecule has 1 N–H and O–H groups in total. The van der Waals surface area contributed by atoms with E-state index >= 15 is 0 Å². The lowest BCUT2D eigenvalue weighted by Crippen LogP contribution is -2.36. The second kappa shape index (κ2) is 9.20. The summed E-state index contributed by atoms with van der Waals surface area (Å²) < 4.78 is 43.9.